The number of benzene rings is 2. The summed E-state index contributed by atoms with van der Waals surface area (Å²) < 4.78 is 1.80. The number of hydrogen-bond acceptors (Lipinski definition) is 5. The van der Waals surface area contributed by atoms with Gasteiger partial charge in [0.25, 0.3) is 5.56 Å². The summed E-state index contributed by atoms with van der Waals surface area (Å²) in [6, 6.07) is 20.7. The fourth-order valence-electron chi connectivity index (χ4n) is 4.11. The van der Waals surface area contributed by atoms with Gasteiger partial charge in [0, 0.05) is 29.8 Å². The van der Waals surface area contributed by atoms with Crippen LogP contribution in [0, 0.1) is 0 Å². The van der Waals surface area contributed by atoms with E-state index in [0.717, 1.165) is 46.3 Å². The minimum Gasteiger partial charge on any atom is -0.296 e. The van der Waals surface area contributed by atoms with E-state index < -0.39 is 0 Å². The Bertz CT molecular complexity index is 1260. The molecule has 0 saturated carbocycles. The molecular weight excluding hydrogens is 422 g/mol. The Balaban J connectivity index is 1.64. The monoisotopic (exact) mass is 447 g/mol. The van der Waals surface area contributed by atoms with Crippen molar-refractivity contribution in [2.24, 2.45) is 0 Å². The molecule has 4 nitrogen and oxygen atoms in total. The standard InChI is InChI=1S/C25H25N3OS2/c1-17(2)27-14-13-20-21(15-27)31-23-22(20)24(29)28(19-11-7-4-8-12-19)25(26-23)30-16-18-9-5-3-6-10-18/h3-12,17H,13-16H2,1-2H3. The molecular formula is C25H25N3OS2. The molecule has 31 heavy (non-hydrogen) atoms. The minimum atomic E-state index is 0.0576. The van der Waals surface area contributed by atoms with Crippen LogP contribution in [0.15, 0.2) is 70.6 Å². The number of nitrogens with zero attached hydrogens (tertiary/aromatic N) is 3. The highest BCUT2D eigenvalue weighted by Crippen LogP contribution is 2.35. The number of thioether (sulfide) groups is 1. The predicted molar refractivity (Wildman–Crippen MR) is 130 cm³/mol. The number of hydrogen-bond donors (Lipinski definition) is 0. The van der Waals surface area contributed by atoms with Gasteiger partial charge >= 0.3 is 0 Å². The van der Waals surface area contributed by atoms with Crippen molar-refractivity contribution in [3.8, 4) is 5.69 Å². The van der Waals surface area contributed by atoms with Gasteiger partial charge in [-0.15, -0.1) is 11.3 Å². The molecule has 2 aromatic heterocycles. The van der Waals surface area contributed by atoms with Gasteiger partial charge in [-0.3, -0.25) is 14.3 Å². The average Bonchev–Trinajstić information content (AvgIpc) is 3.16. The van der Waals surface area contributed by atoms with Crippen molar-refractivity contribution in [1.29, 1.82) is 0 Å². The highest BCUT2D eigenvalue weighted by atomic mass is 32.2. The zero-order valence-electron chi connectivity index (χ0n) is 17.7. The van der Waals surface area contributed by atoms with Crippen molar-refractivity contribution in [1.82, 2.24) is 14.5 Å². The lowest BCUT2D eigenvalue weighted by Gasteiger charge is -2.30. The molecule has 0 bridgehead atoms. The third-order valence-corrected chi connectivity index (χ3v) is 7.95. The zero-order valence-corrected chi connectivity index (χ0v) is 19.4. The van der Waals surface area contributed by atoms with Crippen LogP contribution in [0.2, 0.25) is 0 Å². The maximum absolute atomic E-state index is 13.8. The van der Waals surface area contributed by atoms with Gasteiger partial charge in [-0.05, 0) is 43.5 Å². The van der Waals surface area contributed by atoms with Gasteiger partial charge in [0.2, 0.25) is 0 Å². The Morgan fingerprint density at radius 1 is 1.06 bits per heavy atom. The van der Waals surface area contributed by atoms with Gasteiger partial charge < -0.3 is 0 Å². The molecule has 5 rings (SSSR count). The van der Waals surface area contributed by atoms with Crippen molar-refractivity contribution < 1.29 is 0 Å². The van der Waals surface area contributed by atoms with Gasteiger partial charge in [-0.1, -0.05) is 60.3 Å². The second-order valence-corrected chi connectivity index (χ2v) is 10.2. The molecule has 2 aromatic carbocycles. The van der Waals surface area contributed by atoms with E-state index in [1.807, 2.05) is 48.5 Å². The second kappa shape index (κ2) is 8.61. The summed E-state index contributed by atoms with van der Waals surface area (Å²) in [7, 11) is 0. The van der Waals surface area contributed by atoms with Crippen LogP contribution in [0.1, 0.15) is 29.9 Å². The second-order valence-electron chi connectivity index (χ2n) is 8.14. The molecule has 1 aliphatic rings. The number of thiophene rings is 1. The van der Waals surface area contributed by atoms with E-state index in [1.54, 1.807) is 27.7 Å². The lowest BCUT2D eigenvalue weighted by atomic mass is 10.0. The Morgan fingerprint density at radius 3 is 2.48 bits per heavy atom. The first-order valence-corrected chi connectivity index (χ1v) is 12.5. The number of rotatable bonds is 5. The van der Waals surface area contributed by atoms with Crippen molar-refractivity contribution in [3.63, 3.8) is 0 Å². The van der Waals surface area contributed by atoms with Crippen LogP contribution in [0.3, 0.4) is 0 Å². The summed E-state index contributed by atoms with van der Waals surface area (Å²) in [4.78, 5) is 23.5. The average molecular weight is 448 g/mol. The first-order chi connectivity index (χ1) is 15.1. The van der Waals surface area contributed by atoms with Crippen LogP contribution >= 0.6 is 23.1 Å². The number of fused-ring (bicyclic) bond motifs is 3. The largest absolute Gasteiger partial charge is 0.296 e. The van der Waals surface area contributed by atoms with Crippen molar-refractivity contribution in [3.05, 3.63) is 87.0 Å². The van der Waals surface area contributed by atoms with Crippen LogP contribution < -0.4 is 5.56 Å². The Kier molecular flexibility index (Phi) is 5.69. The van der Waals surface area contributed by atoms with E-state index in [1.165, 1.54) is 16.0 Å². The molecule has 6 heteroatoms. The van der Waals surface area contributed by atoms with E-state index in [9.17, 15) is 4.79 Å². The Hall–Kier alpha value is -2.41. The predicted octanol–water partition coefficient (Wildman–Crippen LogP) is 5.51. The zero-order chi connectivity index (χ0) is 21.4. The molecule has 4 aromatic rings. The smallest absolute Gasteiger partial charge is 0.267 e. The topological polar surface area (TPSA) is 38.1 Å². The molecule has 0 N–H and O–H groups in total. The summed E-state index contributed by atoms with van der Waals surface area (Å²) in [6.07, 6.45) is 0.912. The van der Waals surface area contributed by atoms with Crippen molar-refractivity contribution >= 4 is 33.3 Å². The summed E-state index contributed by atoms with van der Waals surface area (Å²) >= 11 is 3.32. The molecule has 0 radical (unpaired) electrons. The Morgan fingerprint density at radius 2 is 1.77 bits per heavy atom. The third kappa shape index (κ3) is 3.95. The maximum Gasteiger partial charge on any atom is 0.267 e. The van der Waals surface area contributed by atoms with Gasteiger partial charge in [-0.2, -0.15) is 0 Å². The van der Waals surface area contributed by atoms with Gasteiger partial charge in [0.05, 0.1) is 11.1 Å². The van der Waals surface area contributed by atoms with E-state index in [2.05, 4.69) is 30.9 Å². The first kappa shape index (κ1) is 20.5. The summed E-state index contributed by atoms with van der Waals surface area (Å²) in [5, 5.41) is 1.57. The van der Waals surface area contributed by atoms with E-state index in [-0.39, 0.29) is 5.56 Å². The molecule has 0 unspecified atom stereocenters. The molecule has 0 amide bonds. The van der Waals surface area contributed by atoms with Gasteiger partial charge in [-0.25, -0.2) is 4.98 Å². The third-order valence-electron chi connectivity index (χ3n) is 5.83. The van der Waals surface area contributed by atoms with Crippen molar-refractivity contribution in [2.75, 3.05) is 6.54 Å². The molecule has 0 spiro atoms. The van der Waals surface area contributed by atoms with E-state index in [0.29, 0.717) is 6.04 Å². The van der Waals surface area contributed by atoms with E-state index in [4.69, 9.17) is 4.98 Å². The van der Waals surface area contributed by atoms with Gasteiger partial charge in [0.15, 0.2) is 5.16 Å². The molecule has 1 aliphatic heterocycles. The Labute approximate surface area is 190 Å². The normalized spacial score (nSPS) is 14.3. The van der Waals surface area contributed by atoms with E-state index >= 15 is 0 Å². The highest BCUT2D eigenvalue weighted by molar-refractivity contribution is 7.98. The number of aromatic nitrogens is 2. The highest BCUT2D eigenvalue weighted by Gasteiger charge is 2.26. The minimum absolute atomic E-state index is 0.0576. The van der Waals surface area contributed by atoms with Gasteiger partial charge in [0.1, 0.15) is 4.83 Å². The molecule has 158 valence electrons. The summed E-state index contributed by atoms with van der Waals surface area (Å²) in [6.45, 7) is 6.37. The molecule has 0 fully saturated rings. The molecule has 3 heterocycles. The SMILES string of the molecule is CC(C)N1CCc2c(sc3nc(SCc4ccccc4)n(-c4ccccc4)c(=O)c23)C1. The molecule has 0 atom stereocenters. The summed E-state index contributed by atoms with van der Waals surface area (Å²) in [5.41, 5.74) is 3.36. The lowest BCUT2D eigenvalue weighted by Crippen LogP contribution is -2.35. The van der Waals surface area contributed by atoms with Crippen LogP contribution in [-0.2, 0) is 18.7 Å². The number of para-hydroxylation sites is 1. The molecule has 0 aliphatic carbocycles. The van der Waals surface area contributed by atoms with Crippen LogP contribution in [0.4, 0.5) is 0 Å². The first-order valence-electron chi connectivity index (χ1n) is 10.7. The quantitative estimate of drug-likeness (QED) is 0.299. The lowest BCUT2D eigenvalue weighted by molar-refractivity contribution is 0.206. The van der Waals surface area contributed by atoms with Crippen molar-refractivity contribution in [2.45, 2.75) is 43.8 Å². The fourth-order valence-corrected chi connectivity index (χ4v) is 6.36. The maximum atomic E-state index is 13.8. The van der Waals surface area contributed by atoms with Crippen LogP contribution in [-0.4, -0.2) is 27.0 Å². The summed E-state index contributed by atoms with van der Waals surface area (Å²) in [5.74, 6) is 0.776. The van der Waals surface area contributed by atoms with Crippen LogP contribution in [0.25, 0.3) is 15.9 Å². The molecule has 0 saturated heterocycles. The van der Waals surface area contributed by atoms with Crippen LogP contribution in [0.5, 0.6) is 0 Å². The fraction of sp³-hybridized carbons (Fsp3) is 0.280.